The average molecular weight is 239 g/mol. The van der Waals surface area contributed by atoms with Gasteiger partial charge < -0.3 is 15.0 Å². The fourth-order valence-electron chi connectivity index (χ4n) is 1.23. The van der Waals surface area contributed by atoms with Gasteiger partial charge in [-0.25, -0.2) is 4.37 Å². The van der Waals surface area contributed by atoms with Crippen molar-refractivity contribution in [3.63, 3.8) is 0 Å². The van der Waals surface area contributed by atoms with Gasteiger partial charge in [0, 0.05) is 19.3 Å². The summed E-state index contributed by atoms with van der Waals surface area (Å²) in [5, 5.41) is 21.7. The molecule has 16 heavy (non-hydrogen) atoms. The molecular formula is C9H14BN3O2S. The fraction of sp³-hybridized carbons (Fsp3) is 0.333. The van der Waals surface area contributed by atoms with E-state index in [-0.39, 0.29) is 0 Å². The molecule has 0 aliphatic rings. The number of oxime groups is 1. The van der Waals surface area contributed by atoms with Crippen molar-refractivity contribution in [2.75, 3.05) is 13.1 Å². The molecule has 1 aromatic rings. The second-order valence-electron chi connectivity index (χ2n) is 3.27. The van der Waals surface area contributed by atoms with Crippen LogP contribution in [0.15, 0.2) is 30.1 Å². The molecule has 0 fully saturated rings. The lowest BCUT2D eigenvalue weighted by Crippen LogP contribution is -2.41. The van der Waals surface area contributed by atoms with Gasteiger partial charge in [-0.1, -0.05) is 11.2 Å². The molecule has 0 bridgehead atoms. The molecule has 0 amide bonds. The molecule has 7 heteroatoms. The van der Waals surface area contributed by atoms with E-state index in [1.807, 2.05) is 0 Å². The molecule has 86 valence electrons. The summed E-state index contributed by atoms with van der Waals surface area (Å²) < 4.78 is 3.94. The van der Waals surface area contributed by atoms with Crippen LogP contribution in [0.25, 0.3) is 0 Å². The van der Waals surface area contributed by atoms with Crippen LogP contribution in [0.2, 0.25) is 6.82 Å². The van der Waals surface area contributed by atoms with Crippen LogP contribution in [0.1, 0.15) is 4.88 Å². The first kappa shape index (κ1) is 12.9. The third-order valence-corrected chi connectivity index (χ3v) is 2.88. The zero-order valence-electron chi connectivity index (χ0n) is 9.08. The maximum Gasteiger partial charge on any atom is 0.377 e. The van der Waals surface area contributed by atoms with E-state index in [0.29, 0.717) is 18.8 Å². The monoisotopic (exact) mass is 239 g/mol. The Kier molecular flexibility index (Phi) is 5.17. The van der Waals surface area contributed by atoms with Crippen molar-refractivity contribution < 1.29 is 10.2 Å². The first-order valence-electron chi connectivity index (χ1n) is 4.84. The van der Waals surface area contributed by atoms with Gasteiger partial charge in [0.2, 0.25) is 0 Å². The van der Waals surface area contributed by atoms with Crippen molar-refractivity contribution in [1.82, 2.24) is 9.18 Å². The van der Waals surface area contributed by atoms with Crippen molar-refractivity contribution in [3.8, 4) is 0 Å². The number of rotatable bonds is 6. The van der Waals surface area contributed by atoms with Crippen LogP contribution >= 0.6 is 11.5 Å². The largest absolute Gasteiger partial charge is 0.437 e. The lowest BCUT2D eigenvalue weighted by Gasteiger charge is -2.20. The van der Waals surface area contributed by atoms with Crippen LogP contribution in [0.5, 0.6) is 0 Å². The van der Waals surface area contributed by atoms with Crippen molar-refractivity contribution in [1.29, 1.82) is 0 Å². The van der Waals surface area contributed by atoms with Crippen LogP contribution < -0.4 is 0 Å². The highest BCUT2D eigenvalue weighted by Gasteiger charge is 2.18. The number of aromatic nitrogens is 1. The quantitative estimate of drug-likeness (QED) is 0.254. The highest BCUT2D eigenvalue weighted by molar-refractivity contribution is 7.08. The zero-order chi connectivity index (χ0) is 12.0. The van der Waals surface area contributed by atoms with E-state index in [0.717, 1.165) is 4.88 Å². The molecule has 0 saturated heterocycles. The summed E-state index contributed by atoms with van der Waals surface area (Å²) >= 11 is 1.25. The van der Waals surface area contributed by atoms with Crippen LogP contribution in [-0.4, -0.2) is 45.3 Å². The zero-order valence-corrected chi connectivity index (χ0v) is 9.89. The van der Waals surface area contributed by atoms with Gasteiger partial charge in [-0.2, -0.15) is 0 Å². The summed E-state index contributed by atoms with van der Waals surface area (Å²) in [6.07, 6.45) is 3.33. The summed E-state index contributed by atoms with van der Waals surface area (Å²) in [7, 11) is -0.623. The Bertz CT molecular complexity index is 354. The van der Waals surface area contributed by atoms with Gasteiger partial charge in [0.05, 0.1) is 4.88 Å². The van der Waals surface area contributed by atoms with E-state index in [1.54, 1.807) is 30.0 Å². The molecular weight excluding hydrogens is 225 g/mol. The van der Waals surface area contributed by atoms with E-state index in [9.17, 15) is 5.02 Å². The van der Waals surface area contributed by atoms with Crippen LogP contribution in [0, 0.1) is 0 Å². The number of hydrogen-bond acceptors (Lipinski definition) is 6. The summed E-state index contributed by atoms with van der Waals surface area (Å²) in [6.45, 7) is 6.14. The molecule has 1 heterocycles. The molecule has 5 nitrogen and oxygen atoms in total. The van der Waals surface area contributed by atoms with Crippen LogP contribution in [0.3, 0.4) is 0 Å². The molecule has 0 atom stereocenters. The van der Waals surface area contributed by atoms with Gasteiger partial charge in [0.25, 0.3) is 0 Å². The normalized spacial score (nSPS) is 11.8. The van der Waals surface area contributed by atoms with Crippen LogP contribution in [0.4, 0.5) is 0 Å². The molecule has 1 aromatic heterocycles. The van der Waals surface area contributed by atoms with Gasteiger partial charge >= 0.3 is 7.05 Å². The number of hydrogen-bond donors (Lipinski definition) is 2. The fourth-order valence-corrected chi connectivity index (χ4v) is 1.80. The van der Waals surface area contributed by atoms with Gasteiger partial charge in [-0.05, 0) is 24.4 Å². The van der Waals surface area contributed by atoms with Gasteiger partial charge in [0.15, 0.2) is 0 Å². The smallest absolute Gasteiger partial charge is 0.377 e. The maximum atomic E-state index is 9.51. The predicted octanol–water partition coefficient (Wildman–Crippen LogP) is 0.920. The molecule has 0 aliphatic heterocycles. The Morgan fingerprint density at radius 2 is 2.56 bits per heavy atom. The SMILES string of the molecule is C=CCN(CC(=NO)c1ccns1)B(C)O. The average Bonchev–Trinajstić information content (AvgIpc) is 2.77. The molecule has 0 radical (unpaired) electrons. The summed E-state index contributed by atoms with van der Waals surface area (Å²) in [4.78, 5) is 2.51. The maximum absolute atomic E-state index is 9.51. The molecule has 1 rings (SSSR count). The standard InChI is InChI=1S/C9H14BN3O2S/c1-3-6-13(10(2)14)7-8(12-15)9-4-5-11-16-9/h3-5,14-15H,1,6-7H2,2H3. The number of nitrogens with zero attached hydrogens (tertiary/aromatic N) is 3. The lowest BCUT2D eigenvalue weighted by molar-refractivity contribution is 0.315. The Labute approximate surface area is 99.0 Å². The van der Waals surface area contributed by atoms with E-state index in [1.165, 1.54) is 11.5 Å². The molecule has 2 N–H and O–H groups in total. The van der Waals surface area contributed by atoms with E-state index < -0.39 is 7.05 Å². The third kappa shape index (κ3) is 3.44. The summed E-state index contributed by atoms with van der Waals surface area (Å²) in [5.41, 5.74) is 0.491. The highest BCUT2D eigenvalue weighted by Crippen LogP contribution is 2.08. The minimum Gasteiger partial charge on any atom is -0.437 e. The van der Waals surface area contributed by atoms with Crippen molar-refractivity contribution in [2.24, 2.45) is 5.16 Å². The molecule has 0 unspecified atom stereocenters. The molecule has 0 aliphatic carbocycles. The van der Waals surface area contributed by atoms with Crippen molar-refractivity contribution >= 4 is 24.3 Å². The second-order valence-corrected chi connectivity index (χ2v) is 4.11. The van der Waals surface area contributed by atoms with Crippen molar-refractivity contribution in [3.05, 3.63) is 29.8 Å². The lowest BCUT2D eigenvalue weighted by atomic mass is 9.84. The van der Waals surface area contributed by atoms with Gasteiger partial charge in [-0.15, -0.1) is 6.58 Å². The third-order valence-electron chi connectivity index (χ3n) is 2.09. The summed E-state index contributed by atoms with van der Waals surface area (Å²) in [5.74, 6) is 0. The van der Waals surface area contributed by atoms with Gasteiger partial charge in [-0.3, -0.25) is 0 Å². The minimum atomic E-state index is -0.623. The topological polar surface area (TPSA) is 69.0 Å². The molecule has 0 saturated carbocycles. The van der Waals surface area contributed by atoms with E-state index in [4.69, 9.17) is 5.21 Å². The Morgan fingerprint density at radius 3 is 3.00 bits per heavy atom. The van der Waals surface area contributed by atoms with Crippen molar-refractivity contribution in [2.45, 2.75) is 6.82 Å². The first-order valence-corrected chi connectivity index (χ1v) is 5.61. The Hall–Kier alpha value is -1.18. The Morgan fingerprint density at radius 1 is 1.81 bits per heavy atom. The minimum absolute atomic E-state index is 0.350. The first-order chi connectivity index (χ1) is 7.69. The molecule has 0 spiro atoms. The Balaban J connectivity index is 2.72. The van der Waals surface area contributed by atoms with E-state index >= 15 is 0 Å². The predicted molar refractivity (Wildman–Crippen MR) is 66.0 cm³/mol. The van der Waals surface area contributed by atoms with Crippen LogP contribution in [-0.2, 0) is 0 Å². The van der Waals surface area contributed by atoms with Gasteiger partial charge in [0.1, 0.15) is 5.71 Å². The highest BCUT2D eigenvalue weighted by atomic mass is 32.1. The van der Waals surface area contributed by atoms with E-state index in [2.05, 4.69) is 16.1 Å². The molecule has 0 aromatic carbocycles. The second kappa shape index (κ2) is 6.42. The summed E-state index contributed by atoms with van der Waals surface area (Å²) in [6, 6.07) is 1.77.